The van der Waals surface area contributed by atoms with E-state index in [4.69, 9.17) is 5.84 Å². The highest BCUT2D eigenvalue weighted by Crippen LogP contribution is 2.10. The number of nitrogen functional groups attached to an aromatic ring is 1. The molecule has 0 bridgehead atoms. The van der Waals surface area contributed by atoms with Crippen LogP contribution in [0.25, 0.3) is 0 Å². The summed E-state index contributed by atoms with van der Waals surface area (Å²) in [6, 6.07) is 0. The van der Waals surface area contributed by atoms with Gasteiger partial charge >= 0.3 is 0 Å². The molecule has 0 aliphatic heterocycles. The molecule has 0 radical (unpaired) electrons. The van der Waals surface area contributed by atoms with Crippen LogP contribution in [0.3, 0.4) is 0 Å². The van der Waals surface area contributed by atoms with Gasteiger partial charge in [-0.05, 0) is 0 Å². The van der Waals surface area contributed by atoms with Crippen molar-refractivity contribution >= 4 is 27.3 Å². The molecule has 4 N–H and O–H groups in total. The van der Waals surface area contributed by atoms with E-state index in [1.807, 2.05) is 0 Å². The van der Waals surface area contributed by atoms with E-state index in [1.54, 1.807) is 11.7 Å². The zero-order valence-corrected chi connectivity index (χ0v) is 10.7. The Morgan fingerprint density at radius 1 is 1.28 bits per heavy atom. The molecule has 0 aliphatic rings. The van der Waals surface area contributed by atoms with Gasteiger partial charge in [-0.15, -0.1) is 11.3 Å². The lowest BCUT2D eigenvalue weighted by Gasteiger charge is -2.05. The summed E-state index contributed by atoms with van der Waals surface area (Å²) in [5.74, 6) is 5.24. The zero-order valence-electron chi connectivity index (χ0n) is 9.07. The van der Waals surface area contributed by atoms with Crippen LogP contribution in [0.1, 0.15) is 4.88 Å². The van der Waals surface area contributed by atoms with Gasteiger partial charge in [-0.2, -0.15) is 0 Å². The summed E-state index contributed by atoms with van der Waals surface area (Å²) in [5, 5.41) is 0. The molecule has 2 rings (SSSR count). The summed E-state index contributed by atoms with van der Waals surface area (Å²) in [6.45, 7) is 0.184. The molecular weight excluding hydrogens is 276 g/mol. The van der Waals surface area contributed by atoms with Crippen molar-refractivity contribution in [2.75, 3.05) is 5.43 Å². The maximum Gasteiger partial charge on any atom is 0.243 e. The van der Waals surface area contributed by atoms with Gasteiger partial charge in [-0.1, -0.05) is 0 Å². The molecule has 0 aromatic carbocycles. The average molecular weight is 286 g/mol. The fourth-order valence-corrected chi connectivity index (χ4v) is 2.63. The first kappa shape index (κ1) is 12.8. The molecule has 2 aromatic rings. The molecule has 0 atom stereocenters. The first-order valence-corrected chi connectivity index (χ1v) is 7.14. The van der Waals surface area contributed by atoms with Crippen molar-refractivity contribution in [3.63, 3.8) is 0 Å². The number of hydrogen-bond acceptors (Lipinski definition) is 8. The lowest BCUT2D eigenvalue weighted by atomic mass is 10.6. The summed E-state index contributed by atoms with van der Waals surface area (Å²) in [6.07, 6.45) is 3.96. The number of rotatable bonds is 5. The molecule has 2 aromatic heterocycles. The van der Waals surface area contributed by atoms with E-state index in [2.05, 4.69) is 25.1 Å². The molecule has 0 spiro atoms. The first-order chi connectivity index (χ1) is 8.62. The van der Waals surface area contributed by atoms with Crippen molar-refractivity contribution in [1.29, 1.82) is 0 Å². The number of aromatic nitrogens is 3. The summed E-state index contributed by atoms with van der Waals surface area (Å²) in [4.78, 5) is 12.1. The van der Waals surface area contributed by atoms with Crippen LogP contribution in [0.2, 0.25) is 0 Å². The van der Waals surface area contributed by atoms with Crippen LogP contribution in [-0.2, 0) is 16.6 Å². The number of nitrogens with two attached hydrogens (primary N) is 1. The standard InChI is InChI=1S/C8H10N6O2S2/c9-14-8-11-3-7(4-12-8)18(15,16)13-2-6-1-10-5-17-6/h1,3-5,13H,2,9H2,(H,11,12,14). The van der Waals surface area contributed by atoms with Crippen molar-refractivity contribution in [3.8, 4) is 0 Å². The second-order valence-corrected chi connectivity index (χ2v) is 5.92. The minimum absolute atomic E-state index is 0.0222. The molecule has 0 saturated heterocycles. The van der Waals surface area contributed by atoms with E-state index >= 15 is 0 Å². The Morgan fingerprint density at radius 2 is 2.00 bits per heavy atom. The SMILES string of the molecule is NNc1ncc(S(=O)(=O)NCc2cncs2)cn1. The van der Waals surface area contributed by atoms with Crippen LogP contribution in [0, 0.1) is 0 Å². The summed E-state index contributed by atoms with van der Waals surface area (Å²) in [5.41, 5.74) is 3.85. The molecule has 8 nitrogen and oxygen atoms in total. The highest BCUT2D eigenvalue weighted by molar-refractivity contribution is 7.89. The third kappa shape index (κ3) is 2.98. The van der Waals surface area contributed by atoms with Gasteiger partial charge in [-0.25, -0.2) is 29.0 Å². The molecule has 0 amide bonds. The topological polar surface area (TPSA) is 123 Å². The van der Waals surface area contributed by atoms with Gasteiger partial charge in [0.1, 0.15) is 4.90 Å². The van der Waals surface area contributed by atoms with Gasteiger partial charge in [-0.3, -0.25) is 10.4 Å². The largest absolute Gasteiger partial charge is 0.292 e. The molecule has 0 unspecified atom stereocenters. The van der Waals surface area contributed by atoms with Gasteiger partial charge in [0.15, 0.2) is 0 Å². The maximum absolute atomic E-state index is 11.9. The van der Waals surface area contributed by atoms with E-state index in [0.717, 1.165) is 4.88 Å². The highest BCUT2D eigenvalue weighted by atomic mass is 32.2. The number of sulfonamides is 1. The minimum Gasteiger partial charge on any atom is -0.292 e. The average Bonchev–Trinajstić information content (AvgIpc) is 2.90. The fraction of sp³-hybridized carbons (Fsp3) is 0.125. The molecule has 0 fully saturated rings. The monoisotopic (exact) mass is 286 g/mol. The number of hydrazine groups is 1. The molecule has 10 heteroatoms. The van der Waals surface area contributed by atoms with E-state index < -0.39 is 10.0 Å². The lowest BCUT2D eigenvalue weighted by molar-refractivity contribution is 0.581. The maximum atomic E-state index is 11.9. The van der Waals surface area contributed by atoms with Crippen LogP contribution >= 0.6 is 11.3 Å². The van der Waals surface area contributed by atoms with E-state index in [-0.39, 0.29) is 17.4 Å². The Balaban J connectivity index is 2.09. The second kappa shape index (κ2) is 5.35. The van der Waals surface area contributed by atoms with E-state index in [9.17, 15) is 8.42 Å². The number of hydrogen-bond donors (Lipinski definition) is 3. The third-order valence-corrected chi connectivity index (χ3v) is 4.12. The van der Waals surface area contributed by atoms with Crippen LogP contribution in [0.15, 0.2) is 29.0 Å². The van der Waals surface area contributed by atoms with Crippen molar-refractivity contribution in [2.24, 2.45) is 5.84 Å². The number of nitrogens with one attached hydrogen (secondary N) is 2. The third-order valence-electron chi connectivity index (χ3n) is 1.99. The summed E-state index contributed by atoms with van der Waals surface area (Å²) < 4.78 is 26.2. The normalized spacial score (nSPS) is 11.4. The van der Waals surface area contributed by atoms with Gasteiger partial charge in [0.05, 0.1) is 17.9 Å². The van der Waals surface area contributed by atoms with Crippen molar-refractivity contribution < 1.29 is 8.42 Å². The van der Waals surface area contributed by atoms with Crippen molar-refractivity contribution in [2.45, 2.75) is 11.4 Å². The Bertz CT molecular complexity index is 595. The van der Waals surface area contributed by atoms with Gasteiger partial charge in [0.25, 0.3) is 0 Å². The molecular formula is C8H10N6O2S2. The Hall–Kier alpha value is -1.62. The van der Waals surface area contributed by atoms with Gasteiger partial charge < -0.3 is 0 Å². The predicted molar refractivity (Wildman–Crippen MR) is 66.0 cm³/mol. The molecule has 0 aliphatic carbocycles. The van der Waals surface area contributed by atoms with E-state index in [0.29, 0.717) is 0 Å². The van der Waals surface area contributed by atoms with Gasteiger partial charge in [0.2, 0.25) is 16.0 Å². The fourth-order valence-electron chi connectivity index (χ4n) is 1.11. The smallest absolute Gasteiger partial charge is 0.243 e. The number of nitrogens with zero attached hydrogens (tertiary/aromatic N) is 3. The molecule has 2 heterocycles. The number of thiazole rings is 1. The Kier molecular flexibility index (Phi) is 3.81. The second-order valence-electron chi connectivity index (χ2n) is 3.18. The zero-order chi connectivity index (χ0) is 13.0. The minimum atomic E-state index is -3.63. The molecule has 0 saturated carbocycles. The summed E-state index contributed by atoms with van der Waals surface area (Å²) >= 11 is 1.37. The lowest BCUT2D eigenvalue weighted by Crippen LogP contribution is -2.23. The van der Waals surface area contributed by atoms with E-state index in [1.165, 1.54) is 23.7 Å². The predicted octanol–water partition coefficient (Wildman–Crippen LogP) is -0.303. The van der Waals surface area contributed by atoms with Crippen LogP contribution < -0.4 is 16.0 Å². The van der Waals surface area contributed by atoms with Gasteiger partial charge in [0, 0.05) is 17.6 Å². The van der Waals surface area contributed by atoms with Crippen LogP contribution in [0.4, 0.5) is 5.95 Å². The van der Waals surface area contributed by atoms with Crippen molar-refractivity contribution in [3.05, 3.63) is 29.0 Å². The Morgan fingerprint density at radius 3 is 2.56 bits per heavy atom. The Labute approximate surface area is 107 Å². The molecule has 96 valence electrons. The van der Waals surface area contributed by atoms with Crippen LogP contribution in [0.5, 0.6) is 0 Å². The highest BCUT2D eigenvalue weighted by Gasteiger charge is 2.15. The van der Waals surface area contributed by atoms with Crippen LogP contribution in [-0.4, -0.2) is 23.4 Å². The van der Waals surface area contributed by atoms with Crippen molar-refractivity contribution in [1.82, 2.24) is 19.7 Å². The molecule has 18 heavy (non-hydrogen) atoms. The quantitative estimate of drug-likeness (QED) is 0.509. The number of anilines is 1. The summed E-state index contributed by atoms with van der Waals surface area (Å²) in [7, 11) is -3.63. The first-order valence-electron chi connectivity index (χ1n) is 4.77.